The van der Waals surface area contributed by atoms with Gasteiger partial charge in [-0.15, -0.1) is 0 Å². The molecule has 2 fully saturated rings. The minimum absolute atomic E-state index is 0.0957. The predicted molar refractivity (Wildman–Crippen MR) is 121 cm³/mol. The number of hydrogen-bond donors (Lipinski definition) is 0. The molecule has 176 valence electrons. The van der Waals surface area contributed by atoms with Gasteiger partial charge in [-0.2, -0.15) is 0 Å². The third-order valence-electron chi connectivity index (χ3n) is 6.25. The third kappa shape index (κ3) is 4.64. The van der Waals surface area contributed by atoms with Crippen molar-refractivity contribution < 1.29 is 23.4 Å². The molecule has 4 rings (SSSR count). The first-order chi connectivity index (χ1) is 15.0. The zero-order chi connectivity index (χ0) is 23.3. The number of halogens is 1. The number of para-hydroxylation sites is 1. The monoisotopic (exact) mass is 446 g/mol. The summed E-state index contributed by atoms with van der Waals surface area (Å²) in [6.45, 7) is 13.7. The molecular formula is C25H35FN2O4. The van der Waals surface area contributed by atoms with Crippen LogP contribution in [0.5, 0.6) is 0 Å². The van der Waals surface area contributed by atoms with E-state index >= 15 is 4.39 Å². The molecule has 2 aliphatic rings. The smallest absolute Gasteiger partial charge is 0.410 e. The van der Waals surface area contributed by atoms with Gasteiger partial charge >= 0.3 is 6.09 Å². The van der Waals surface area contributed by atoms with Gasteiger partial charge in [-0.25, -0.2) is 9.18 Å². The molecule has 3 heterocycles. The van der Waals surface area contributed by atoms with E-state index in [1.807, 2.05) is 40.7 Å². The lowest BCUT2D eigenvalue weighted by molar-refractivity contribution is -0.139. The van der Waals surface area contributed by atoms with Gasteiger partial charge in [0.05, 0.1) is 18.7 Å². The van der Waals surface area contributed by atoms with E-state index in [1.54, 1.807) is 11.0 Å². The molecule has 0 N–H and O–H groups in total. The van der Waals surface area contributed by atoms with E-state index < -0.39 is 11.4 Å². The summed E-state index contributed by atoms with van der Waals surface area (Å²) in [5, 5.41) is 0.910. The second kappa shape index (κ2) is 8.34. The number of benzene rings is 1. The number of aryl methyl sites for hydroxylation is 1. The minimum Gasteiger partial charge on any atom is -0.444 e. The van der Waals surface area contributed by atoms with Crippen molar-refractivity contribution in [3.63, 3.8) is 0 Å². The fourth-order valence-corrected chi connectivity index (χ4v) is 5.02. The lowest BCUT2D eigenvalue weighted by Gasteiger charge is -2.35. The Kier molecular flexibility index (Phi) is 6.01. The van der Waals surface area contributed by atoms with Crippen LogP contribution in [0.25, 0.3) is 10.9 Å². The molecule has 7 heteroatoms. The highest BCUT2D eigenvalue weighted by Gasteiger charge is 2.36. The summed E-state index contributed by atoms with van der Waals surface area (Å²) in [7, 11) is 0. The van der Waals surface area contributed by atoms with Crippen molar-refractivity contribution >= 4 is 17.0 Å². The Hall–Kier alpha value is -2.12. The molecule has 0 bridgehead atoms. The number of aromatic nitrogens is 1. The third-order valence-corrected chi connectivity index (χ3v) is 6.25. The largest absolute Gasteiger partial charge is 0.444 e. The van der Waals surface area contributed by atoms with Crippen LogP contribution < -0.4 is 0 Å². The zero-order valence-electron chi connectivity index (χ0n) is 20.0. The zero-order valence-corrected chi connectivity index (χ0v) is 20.0. The highest BCUT2D eigenvalue weighted by molar-refractivity contribution is 5.86. The van der Waals surface area contributed by atoms with Crippen LogP contribution in [0.2, 0.25) is 0 Å². The first-order valence-electron chi connectivity index (χ1n) is 11.5. The first-order valence-corrected chi connectivity index (χ1v) is 11.5. The summed E-state index contributed by atoms with van der Waals surface area (Å²) in [5.74, 6) is -0.784. The Morgan fingerprint density at radius 2 is 2.06 bits per heavy atom. The van der Waals surface area contributed by atoms with E-state index in [1.165, 1.54) is 6.07 Å². The summed E-state index contributed by atoms with van der Waals surface area (Å²) < 4.78 is 34.5. The molecule has 2 saturated heterocycles. The lowest BCUT2D eigenvalue weighted by atomic mass is 9.92. The Morgan fingerprint density at radius 3 is 2.72 bits per heavy atom. The highest BCUT2D eigenvalue weighted by Crippen LogP contribution is 2.37. The molecular weight excluding hydrogens is 411 g/mol. The number of carbonyl (C=O) groups is 1. The Bertz CT molecular complexity index is 1010. The Balaban J connectivity index is 1.69. The molecule has 0 radical (unpaired) electrons. The van der Waals surface area contributed by atoms with Crippen molar-refractivity contribution in [2.45, 2.75) is 84.3 Å². The van der Waals surface area contributed by atoms with E-state index in [-0.39, 0.29) is 23.9 Å². The Morgan fingerprint density at radius 1 is 1.31 bits per heavy atom. The number of ether oxygens (including phenoxy) is 3. The van der Waals surface area contributed by atoms with Crippen LogP contribution in [-0.4, -0.2) is 52.7 Å². The molecule has 1 aromatic carbocycles. The maximum Gasteiger partial charge on any atom is 0.410 e. The molecule has 2 aromatic rings. The van der Waals surface area contributed by atoms with E-state index in [9.17, 15) is 4.79 Å². The van der Waals surface area contributed by atoms with E-state index in [0.717, 1.165) is 29.5 Å². The fraction of sp³-hybridized carbons (Fsp3) is 0.640. The molecule has 2 aliphatic heterocycles. The SMILES string of the molecule is Cc1c(C2CCCN(C(=O)OC(C)(C)C)C2)n(CC2COC(C)(C)O2)c2c(F)cccc12. The van der Waals surface area contributed by atoms with Crippen LogP contribution in [0.15, 0.2) is 18.2 Å². The Labute approximate surface area is 189 Å². The molecule has 0 saturated carbocycles. The number of carbonyl (C=O) groups excluding carboxylic acids is 1. The first kappa shape index (κ1) is 23.1. The maximum absolute atomic E-state index is 15.0. The average molecular weight is 447 g/mol. The normalized spacial score (nSPS) is 23.7. The van der Waals surface area contributed by atoms with Gasteiger partial charge in [0.1, 0.15) is 17.5 Å². The number of hydrogen-bond acceptors (Lipinski definition) is 4. The standard InChI is InChI=1S/C25H35FN2O4/c1-16-19-10-7-11-20(26)22(19)28(14-18-15-30-25(5,6)31-18)21(16)17-9-8-12-27(13-17)23(29)32-24(2,3)4/h7,10-11,17-18H,8-9,12-15H2,1-6H3. The van der Waals surface area contributed by atoms with Gasteiger partial charge in [-0.05, 0) is 66.0 Å². The van der Waals surface area contributed by atoms with Crippen LogP contribution >= 0.6 is 0 Å². The molecule has 2 unspecified atom stereocenters. The number of piperidine rings is 1. The molecule has 0 aliphatic carbocycles. The fourth-order valence-electron chi connectivity index (χ4n) is 5.02. The van der Waals surface area contributed by atoms with Crippen molar-refractivity contribution in [3.05, 3.63) is 35.3 Å². The number of amides is 1. The van der Waals surface area contributed by atoms with Crippen LogP contribution in [0, 0.1) is 12.7 Å². The maximum atomic E-state index is 15.0. The van der Waals surface area contributed by atoms with Crippen LogP contribution in [0.4, 0.5) is 9.18 Å². The van der Waals surface area contributed by atoms with Crippen molar-refractivity contribution in [1.82, 2.24) is 9.47 Å². The average Bonchev–Trinajstić information content (AvgIpc) is 3.18. The summed E-state index contributed by atoms with van der Waals surface area (Å²) >= 11 is 0. The quantitative estimate of drug-likeness (QED) is 0.637. The molecule has 1 amide bonds. The van der Waals surface area contributed by atoms with Gasteiger partial charge in [0.2, 0.25) is 0 Å². The highest BCUT2D eigenvalue weighted by atomic mass is 19.1. The van der Waals surface area contributed by atoms with Gasteiger partial charge in [0.15, 0.2) is 5.79 Å². The number of rotatable bonds is 3. The van der Waals surface area contributed by atoms with E-state index in [2.05, 4.69) is 11.5 Å². The molecule has 2 atom stereocenters. The van der Waals surface area contributed by atoms with Gasteiger partial charge in [0.25, 0.3) is 0 Å². The molecule has 6 nitrogen and oxygen atoms in total. The van der Waals surface area contributed by atoms with Crippen LogP contribution in [-0.2, 0) is 20.8 Å². The predicted octanol–water partition coefficient (Wildman–Crippen LogP) is 5.35. The van der Waals surface area contributed by atoms with E-state index in [4.69, 9.17) is 14.2 Å². The summed E-state index contributed by atoms with van der Waals surface area (Å²) in [5.41, 5.74) is 2.20. The lowest BCUT2D eigenvalue weighted by Crippen LogP contribution is -2.42. The minimum atomic E-state index is -0.639. The second-order valence-corrected chi connectivity index (χ2v) is 10.5. The van der Waals surface area contributed by atoms with Gasteiger partial charge in [-0.3, -0.25) is 0 Å². The second-order valence-electron chi connectivity index (χ2n) is 10.5. The number of fused-ring (bicyclic) bond motifs is 1. The number of likely N-dealkylation sites (tertiary alicyclic amines) is 1. The van der Waals surface area contributed by atoms with Crippen molar-refractivity contribution in [2.24, 2.45) is 0 Å². The van der Waals surface area contributed by atoms with E-state index in [0.29, 0.717) is 31.8 Å². The number of nitrogens with zero attached hydrogens (tertiary/aromatic N) is 2. The topological polar surface area (TPSA) is 52.9 Å². The van der Waals surface area contributed by atoms with Gasteiger partial charge in [0, 0.05) is 30.1 Å². The summed E-state index contributed by atoms with van der Waals surface area (Å²) in [4.78, 5) is 14.5. The van der Waals surface area contributed by atoms with Gasteiger partial charge in [-0.1, -0.05) is 12.1 Å². The molecule has 0 spiro atoms. The van der Waals surface area contributed by atoms with Crippen molar-refractivity contribution in [1.29, 1.82) is 0 Å². The molecule has 32 heavy (non-hydrogen) atoms. The molecule has 1 aromatic heterocycles. The van der Waals surface area contributed by atoms with Crippen LogP contribution in [0.1, 0.15) is 64.6 Å². The van der Waals surface area contributed by atoms with Crippen molar-refractivity contribution in [3.8, 4) is 0 Å². The van der Waals surface area contributed by atoms with Gasteiger partial charge < -0.3 is 23.7 Å². The van der Waals surface area contributed by atoms with Crippen molar-refractivity contribution in [2.75, 3.05) is 19.7 Å². The van der Waals surface area contributed by atoms with Crippen LogP contribution in [0.3, 0.4) is 0 Å². The summed E-state index contributed by atoms with van der Waals surface area (Å²) in [6.07, 6.45) is 1.36. The summed E-state index contributed by atoms with van der Waals surface area (Å²) in [6, 6.07) is 5.23.